The number of piperazine rings is 1. The summed E-state index contributed by atoms with van der Waals surface area (Å²) in [6.45, 7) is 14.3. The molecule has 146 valence electrons. The van der Waals surface area contributed by atoms with Gasteiger partial charge in [-0.15, -0.1) is 0 Å². The van der Waals surface area contributed by atoms with Gasteiger partial charge in [0.2, 0.25) is 5.91 Å². The van der Waals surface area contributed by atoms with Gasteiger partial charge in [-0.3, -0.25) is 19.2 Å². The number of rotatable bonds is 12. The third-order valence-corrected chi connectivity index (χ3v) is 5.74. The van der Waals surface area contributed by atoms with Gasteiger partial charge in [0.25, 0.3) is 0 Å². The Balaban J connectivity index is 2.13. The zero-order chi connectivity index (χ0) is 18.7. The smallest absolute Gasteiger partial charge is 0.234 e. The summed E-state index contributed by atoms with van der Waals surface area (Å²) in [4.78, 5) is 26.4. The third-order valence-electron chi connectivity index (χ3n) is 4.66. The highest BCUT2D eigenvalue weighted by molar-refractivity contribution is 7.34. The minimum atomic E-state index is -0.0451. The maximum Gasteiger partial charge on any atom is 0.234 e. The quantitative estimate of drug-likeness (QED) is 0.400. The van der Waals surface area contributed by atoms with Crippen molar-refractivity contribution >= 4 is 20.4 Å². The van der Waals surface area contributed by atoms with Crippen molar-refractivity contribution in [3.05, 3.63) is 0 Å². The van der Waals surface area contributed by atoms with E-state index >= 15 is 0 Å². The van der Waals surface area contributed by atoms with Crippen LogP contribution in [0.3, 0.4) is 0 Å². The van der Waals surface area contributed by atoms with Crippen LogP contribution in [0.25, 0.3) is 0 Å². The Hall–Kier alpha value is -0.550. The van der Waals surface area contributed by atoms with E-state index in [-0.39, 0.29) is 23.7 Å². The van der Waals surface area contributed by atoms with Crippen LogP contribution in [0.15, 0.2) is 0 Å². The zero-order valence-corrected chi connectivity index (χ0v) is 17.4. The first-order valence-corrected chi connectivity index (χ1v) is 11.1. The van der Waals surface area contributed by atoms with Gasteiger partial charge in [0, 0.05) is 38.6 Å². The summed E-state index contributed by atoms with van der Waals surface area (Å²) in [6, 6.07) is -0.0451. The molecule has 0 saturated carbocycles. The van der Waals surface area contributed by atoms with Crippen molar-refractivity contribution < 1.29 is 9.59 Å². The first-order chi connectivity index (χ1) is 12.0. The SMILES string of the molecule is CCNC(CCCCNC(=O)CN1CCN(PC)CC1)C(=O)C(C)C. The fraction of sp³-hybridized carbons (Fsp3) is 0.889. The molecule has 0 aromatic rings. The molecule has 7 heteroatoms. The predicted octanol–water partition coefficient (Wildman–Crippen LogP) is 1.32. The normalized spacial score (nSPS) is 18.1. The highest BCUT2D eigenvalue weighted by Crippen LogP contribution is 2.15. The average molecular weight is 372 g/mol. The van der Waals surface area contributed by atoms with Crippen molar-refractivity contribution in [2.45, 2.75) is 46.1 Å². The molecule has 0 spiro atoms. The lowest BCUT2D eigenvalue weighted by molar-refractivity contribution is -0.124. The summed E-state index contributed by atoms with van der Waals surface area (Å²) in [5, 5.41) is 6.29. The molecule has 0 aliphatic carbocycles. The summed E-state index contributed by atoms with van der Waals surface area (Å²) in [5.41, 5.74) is 0. The fourth-order valence-electron chi connectivity index (χ4n) is 3.08. The molecular formula is C18H37N4O2P. The fourth-order valence-corrected chi connectivity index (χ4v) is 3.73. The number of hydrogen-bond donors (Lipinski definition) is 2. The van der Waals surface area contributed by atoms with Crippen LogP contribution in [0.1, 0.15) is 40.0 Å². The number of carbonyl (C=O) groups is 2. The van der Waals surface area contributed by atoms with E-state index < -0.39 is 0 Å². The second kappa shape index (κ2) is 12.7. The monoisotopic (exact) mass is 372 g/mol. The van der Waals surface area contributed by atoms with Gasteiger partial charge in [-0.05, 0) is 32.5 Å². The molecule has 2 atom stereocenters. The Bertz CT molecular complexity index is 399. The van der Waals surface area contributed by atoms with Crippen molar-refractivity contribution in [3.63, 3.8) is 0 Å². The van der Waals surface area contributed by atoms with E-state index in [1.54, 1.807) is 0 Å². The number of Topliss-reactive ketones (excluding diaryl/α,β-unsaturated/α-hetero) is 1. The maximum atomic E-state index is 12.1. The number of nitrogens with zero attached hydrogens (tertiary/aromatic N) is 2. The summed E-state index contributed by atoms with van der Waals surface area (Å²) in [7, 11) is 0.863. The van der Waals surface area contributed by atoms with Crippen LogP contribution in [-0.4, -0.2) is 79.8 Å². The Kier molecular flexibility index (Phi) is 11.5. The number of amides is 1. The van der Waals surface area contributed by atoms with Gasteiger partial charge in [-0.1, -0.05) is 29.5 Å². The molecule has 1 saturated heterocycles. The molecule has 1 fully saturated rings. The number of ketones is 1. The standard InChI is InChI=1S/C18H37N4O2P/c1-5-19-16(18(24)15(2)3)8-6-7-9-20-17(23)14-21-10-12-22(25-4)13-11-21/h15-16,19,25H,5-14H2,1-4H3,(H,20,23). The minimum absolute atomic E-state index is 0.0451. The number of likely N-dealkylation sites (N-methyl/N-ethyl adjacent to an activating group) is 1. The molecule has 2 unspecified atom stereocenters. The molecule has 0 aromatic heterocycles. The van der Waals surface area contributed by atoms with E-state index in [0.717, 1.165) is 60.7 Å². The molecule has 1 aliphatic rings. The molecule has 1 heterocycles. The Morgan fingerprint density at radius 3 is 2.36 bits per heavy atom. The van der Waals surface area contributed by atoms with E-state index in [1.807, 2.05) is 20.8 Å². The number of unbranched alkanes of at least 4 members (excludes halogenated alkanes) is 1. The van der Waals surface area contributed by atoms with Crippen molar-refractivity contribution in [1.82, 2.24) is 20.2 Å². The van der Waals surface area contributed by atoms with E-state index in [9.17, 15) is 9.59 Å². The molecule has 1 aliphatic heterocycles. The molecule has 25 heavy (non-hydrogen) atoms. The lowest BCUT2D eigenvalue weighted by atomic mass is 9.97. The van der Waals surface area contributed by atoms with Crippen LogP contribution in [0.5, 0.6) is 0 Å². The molecule has 1 rings (SSSR count). The predicted molar refractivity (Wildman–Crippen MR) is 106 cm³/mol. The largest absolute Gasteiger partial charge is 0.355 e. The summed E-state index contributed by atoms with van der Waals surface area (Å²) >= 11 is 0. The number of carbonyl (C=O) groups excluding carboxylic acids is 2. The summed E-state index contributed by atoms with van der Waals surface area (Å²) in [5.74, 6) is 0.476. The van der Waals surface area contributed by atoms with E-state index in [0.29, 0.717) is 13.1 Å². The van der Waals surface area contributed by atoms with E-state index in [2.05, 4.69) is 26.9 Å². The van der Waals surface area contributed by atoms with Crippen LogP contribution < -0.4 is 10.6 Å². The molecule has 0 aromatic carbocycles. The molecule has 6 nitrogen and oxygen atoms in total. The second-order valence-electron chi connectivity index (χ2n) is 7.00. The lowest BCUT2D eigenvalue weighted by Crippen LogP contribution is -2.47. The molecule has 0 radical (unpaired) electrons. The second-order valence-corrected chi connectivity index (χ2v) is 8.08. The minimum Gasteiger partial charge on any atom is -0.355 e. The topological polar surface area (TPSA) is 64.7 Å². The lowest BCUT2D eigenvalue weighted by Gasteiger charge is -2.33. The maximum absolute atomic E-state index is 12.1. The van der Waals surface area contributed by atoms with E-state index in [4.69, 9.17) is 0 Å². The first kappa shape index (κ1) is 22.5. The molecule has 0 bridgehead atoms. The van der Waals surface area contributed by atoms with Crippen LogP contribution >= 0.6 is 8.73 Å². The Labute approximate surface area is 155 Å². The first-order valence-electron chi connectivity index (χ1n) is 9.66. The third kappa shape index (κ3) is 9.09. The van der Waals surface area contributed by atoms with Gasteiger partial charge in [0.05, 0.1) is 12.6 Å². The van der Waals surface area contributed by atoms with Gasteiger partial charge in [-0.2, -0.15) is 0 Å². The summed E-state index contributed by atoms with van der Waals surface area (Å²) in [6.07, 6.45) is 2.72. The Morgan fingerprint density at radius 1 is 1.12 bits per heavy atom. The van der Waals surface area contributed by atoms with Crippen molar-refractivity contribution in [2.24, 2.45) is 5.92 Å². The van der Waals surface area contributed by atoms with E-state index in [1.165, 1.54) is 0 Å². The molecule has 2 N–H and O–H groups in total. The summed E-state index contributed by atoms with van der Waals surface area (Å²) < 4.78 is 2.44. The van der Waals surface area contributed by atoms with Gasteiger partial charge >= 0.3 is 0 Å². The van der Waals surface area contributed by atoms with Crippen LogP contribution in [0.4, 0.5) is 0 Å². The highest BCUT2D eigenvalue weighted by Gasteiger charge is 2.20. The van der Waals surface area contributed by atoms with Crippen LogP contribution in [0, 0.1) is 5.92 Å². The van der Waals surface area contributed by atoms with Gasteiger partial charge in [0.15, 0.2) is 5.78 Å². The van der Waals surface area contributed by atoms with Crippen molar-refractivity contribution in [1.29, 1.82) is 0 Å². The van der Waals surface area contributed by atoms with Gasteiger partial charge in [-0.25, -0.2) is 0 Å². The molecular weight excluding hydrogens is 335 g/mol. The highest BCUT2D eigenvalue weighted by atomic mass is 31.1. The number of hydrogen-bond acceptors (Lipinski definition) is 5. The van der Waals surface area contributed by atoms with Crippen molar-refractivity contribution in [2.75, 3.05) is 52.5 Å². The van der Waals surface area contributed by atoms with Crippen LogP contribution in [0.2, 0.25) is 0 Å². The number of nitrogens with one attached hydrogen (secondary N) is 2. The van der Waals surface area contributed by atoms with Crippen LogP contribution in [-0.2, 0) is 9.59 Å². The van der Waals surface area contributed by atoms with Crippen molar-refractivity contribution in [3.8, 4) is 0 Å². The van der Waals surface area contributed by atoms with Gasteiger partial charge in [0.1, 0.15) is 0 Å². The van der Waals surface area contributed by atoms with Gasteiger partial charge < -0.3 is 10.6 Å². The zero-order valence-electron chi connectivity index (χ0n) is 16.4. The average Bonchev–Trinajstić information content (AvgIpc) is 2.60. The Morgan fingerprint density at radius 2 is 1.80 bits per heavy atom. The molecule has 1 amide bonds.